The molecule has 2 aromatic heterocycles. The molecule has 2 unspecified atom stereocenters. The highest BCUT2D eigenvalue weighted by Crippen LogP contribution is 2.39. The number of hydrogen-bond acceptors (Lipinski definition) is 8. The van der Waals surface area contributed by atoms with Crippen LogP contribution in [0.2, 0.25) is 5.02 Å². The number of carbonyl (C=O) groups excluding carboxylic acids is 2. The highest BCUT2D eigenvalue weighted by Gasteiger charge is 2.33. The molecule has 2 amide bonds. The van der Waals surface area contributed by atoms with Gasteiger partial charge >= 0.3 is 0 Å². The van der Waals surface area contributed by atoms with E-state index in [4.69, 9.17) is 11.6 Å². The van der Waals surface area contributed by atoms with Gasteiger partial charge in [-0.2, -0.15) is 5.10 Å². The van der Waals surface area contributed by atoms with Gasteiger partial charge in [0.1, 0.15) is 5.75 Å². The van der Waals surface area contributed by atoms with E-state index in [0.29, 0.717) is 26.1 Å². The monoisotopic (exact) mass is 505 g/mol. The quantitative estimate of drug-likeness (QED) is 0.313. The third-order valence-electron chi connectivity index (χ3n) is 5.15. The topological polar surface area (TPSA) is 122 Å². The summed E-state index contributed by atoms with van der Waals surface area (Å²) >= 11 is 8.37. The van der Waals surface area contributed by atoms with Crippen LogP contribution in [0.1, 0.15) is 31.8 Å². The predicted molar refractivity (Wildman–Crippen MR) is 128 cm³/mol. The molecule has 0 spiro atoms. The Morgan fingerprint density at radius 2 is 1.85 bits per heavy atom. The summed E-state index contributed by atoms with van der Waals surface area (Å²) in [4.78, 5) is 27.6. The number of hydrogen-bond donors (Lipinski definition) is 4. The van der Waals surface area contributed by atoms with Crippen LogP contribution in [0.4, 0.5) is 0 Å². The van der Waals surface area contributed by atoms with Crippen molar-refractivity contribution in [3.8, 4) is 16.2 Å². The fourth-order valence-corrected chi connectivity index (χ4v) is 5.42. The van der Waals surface area contributed by atoms with Gasteiger partial charge in [0.05, 0.1) is 38.1 Å². The van der Waals surface area contributed by atoms with Gasteiger partial charge in [0.25, 0.3) is 11.8 Å². The highest BCUT2D eigenvalue weighted by molar-refractivity contribution is 7.16. The molecule has 2 atom stereocenters. The zero-order valence-corrected chi connectivity index (χ0v) is 19.7. The summed E-state index contributed by atoms with van der Waals surface area (Å²) in [5.74, 6) is -0.799. The van der Waals surface area contributed by atoms with Gasteiger partial charge in [0.2, 0.25) is 0 Å². The summed E-state index contributed by atoms with van der Waals surface area (Å²) in [6.45, 7) is 1.76. The zero-order valence-electron chi connectivity index (χ0n) is 17.4. The molecule has 1 aliphatic heterocycles. The number of nitrogens with zero attached hydrogens (tertiary/aromatic N) is 2. The van der Waals surface area contributed by atoms with Crippen molar-refractivity contribution < 1.29 is 24.9 Å². The normalized spacial score (nSPS) is 18.5. The van der Waals surface area contributed by atoms with Gasteiger partial charge in [0, 0.05) is 23.5 Å². The van der Waals surface area contributed by atoms with Gasteiger partial charge in [0.15, 0.2) is 0 Å². The molecule has 1 fully saturated rings. The van der Waals surface area contributed by atoms with E-state index in [-0.39, 0.29) is 29.6 Å². The minimum Gasteiger partial charge on any atom is -0.506 e. The van der Waals surface area contributed by atoms with Crippen LogP contribution in [-0.2, 0) is 0 Å². The molecule has 0 bridgehead atoms. The Balaban J connectivity index is 1.44. The van der Waals surface area contributed by atoms with Gasteiger partial charge in [-0.3, -0.25) is 9.59 Å². The van der Waals surface area contributed by atoms with Crippen molar-refractivity contribution in [3.63, 3.8) is 0 Å². The van der Waals surface area contributed by atoms with Crippen LogP contribution in [0.15, 0.2) is 46.9 Å². The van der Waals surface area contributed by atoms with Gasteiger partial charge < -0.3 is 20.2 Å². The highest BCUT2D eigenvalue weighted by atomic mass is 35.5. The Morgan fingerprint density at radius 1 is 1.15 bits per heavy atom. The zero-order chi connectivity index (χ0) is 23.7. The van der Waals surface area contributed by atoms with Crippen LogP contribution in [0.5, 0.6) is 5.75 Å². The smallest absolute Gasteiger partial charge is 0.281 e. The number of aliphatic hydroxyl groups is 2. The first-order valence-corrected chi connectivity index (χ1v) is 12.0. The number of rotatable bonds is 5. The maximum atomic E-state index is 12.5. The number of aromatic hydroxyl groups is 1. The molecule has 172 valence electrons. The summed E-state index contributed by atoms with van der Waals surface area (Å²) < 4.78 is 0. The lowest BCUT2D eigenvalue weighted by Gasteiger charge is -2.13. The van der Waals surface area contributed by atoms with Crippen LogP contribution < -0.4 is 5.43 Å². The van der Waals surface area contributed by atoms with E-state index in [1.165, 1.54) is 28.4 Å². The van der Waals surface area contributed by atoms with Crippen LogP contribution in [0.3, 0.4) is 0 Å². The van der Waals surface area contributed by atoms with E-state index in [2.05, 4.69) is 10.5 Å². The lowest BCUT2D eigenvalue weighted by molar-refractivity contribution is 0.0572. The number of amides is 2. The Hall–Kier alpha value is -2.76. The number of β-amino-alcohol motifs (C(OH)–C–C–N with tert-alkyl or cyclic N) is 2. The molecule has 3 heterocycles. The third-order valence-corrected chi connectivity index (χ3v) is 7.48. The van der Waals surface area contributed by atoms with Crippen molar-refractivity contribution in [2.45, 2.75) is 19.1 Å². The number of halogens is 1. The van der Waals surface area contributed by atoms with Gasteiger partial charge in [-0.1, -0.05) is 23.7 Å². The average Bonchev–Trinajstić information content (AvgIpc) is 3.51. The molecule has 3 aromatic rings. The molecular weight excluding hydrogens is 486 g/mol. The maximum absolute atomic E-state index is 12.5. The second-order valence-corrected chi connectivity index (χ2v) is 9.88. The van der Waals surface area contributed by atoms with E-state index >= 15 is 0 Å². The Bertz CT molecular complexity index is 1230. The largest absolute Gasteiger partial charge is 0.506 e. The maximum Gasteiger partial charge on any atom is 0.281 e. The minimum atomic E-state index is -0.970. The minimum absolute atomic E-state index is 0.0459. The molecule has 33 heavy (non-hydrogen) atoms. The molecule has 8 nitrogen and oxygen atoms in total. The van der Waals surface area contributed by atoms with E-state index < -0.39 is 18.1 Å². The Morgan fingerprint density at radius 3 is 2.55 bits per heavy atom. The van der Waals surface area contributed by atoms with E-state index in [0.717, 1.165) is 16.9 Å². The summed E-state index contributed by atoms with van der Waals surface area (Å²) in [7, 11) is 0. The molecule has 1 saturated heterocycles. The number of thiophene rings is 2. The molecule has 1 aliphatic rings. The van der Waals surface area contributed by atoms with Gasteiger partial charge in [-0.25, -0.2) is 5.43 Å². The van der Waals surface area contributed by atoms with Gasteiger partial charge in [-0.05, 0) is 36.8 Å². The lowest BCUT2D eigenvalue weighted by Crippen LogP contribution is -2.29. The SMILES string of the molecule is C/C(=N\NC(=O)c1ccc(C(=O)N2CC(O)C(O)C2)s1)c1csc(-c2cccc(Cl)c2)c1O. The molecule has 0 radical (unpaired) electrons. The molecule has 1 aromatic carbocycles. The number of nitrogens with one attached hydrogen (secondary N) is 1. The molecule has 4 N–H and O–H groups in total. The number of benzene rings is 1. The third kappa shape index (κ3) is 4.94. The van der Waals surface area contributed by atoms with E-state index in [9.17, 15) is 24.9 Å². The summed E-state index contributed by atoms with van der Waals surface area (Å²) in [6, 6.07) is 10.2. The average molecular weight is 506 g/mol. The number of aliphatic hydroxyl groups excluding tert-OH is 2. The summed E-state index contributed by atoms with van der Waals surface area (Å²) in [5.41, 5.74) is 4.13. The first-order chi connectivity index (χ1) is 15.7. The molecule has 11 heteroatoms. The molecular formula is C22H20ClN3O5S2. The molecule has 4 rings (SSSR count). The van der Waals surface area contributed by atoms with Crippen molar-refractivity contribution in [2.24, 2.45) is 5.10 Å². The molecule has 0 saturated carbocycles. The van der Waals surface area contributed by atoms with Crippen molar-refractivity contribution >= 4 is 51.8 Å². The number of likely N-dealkylation sites (tertiary alicyclic amines) is 1. The second kappa shape index (κ2) is 9.62. The standard InChI is InChI=1S/C22H20ClN3O5S2/c1-11(14-10-32-20(19(14)29)12-3-2-4-13(23)7-12)24-25-21(30)17-5-6-18(33-17)22(31)26-8-15(27)16(28)9-26/h2-7,10,15-16,27-29H,8-9H2,1H3,(H,25,30)/b24-11+. The predicted octanol–water partition coefficient (Wildman–Crippen LogP) is 3.17. The summed E-state index contributed by atoms with van der Waals surface area (Å²) in [6.07, 6.45) is -1.94. The molecule has 0 aliphatic carbocycles. The van der Waals surface area contributed by atoms with Crippen LogP contribution in [0.25, 0.3) is 10.4 Å². The fraction of sp³-hybridized carbons (Fsp3) is 0.227. The van der Waals surface area contributed by atoms with Crippen LogP contribution >= 0.6 is 34.3 Å². The van der Waals surface area contributed by atoms with Crippen molar-refractivity contribution in [1.82, 2.24) is 10.3 Å². The fourth-order valence-electron chi connectivity index (χ4n) is 3.36. The van der Waals surface area contributed by atoms with Crippen molar-refractivity contribution in [2.75, 3.05) is 13.1 Å². The van der Waals surface area contributed by atoms with Crippen molar-refractivity contribution in [1.29, 1.82) is 0 Å². The van der Waals surface area contributed by atoms with Crippen LogP contribution in [0, 0.1) is 0 Å². The van der Waals surface area contributed by atoms with Gasteiger partial charge in [-0.15, -0.1) is 22.7 Å². The lowest BCUT2D eigenvalue weighted by atomic mass is 10.1. The Labute approximate surface area is 202 Å². The van der Waals surface area contributed by atoms with E-state index in [1.807, 2.05) is 6.07 Å². The van der Waals surface area contributed by atoms with Crippen molar-refractivity contribution in [3.05, 3.63) is 62.1 Å². The second-order valence-electron chi connectivity index (χ2n) is 7.48. The first kappa shape index (κ1) is 23.4. The Kier molecular flexibility index (Phi) is 6.82. The van der Waals surface area contributed by atoms with Crippen LogP contribution in [-0.4, -0.2) is 63.0 Å². The number of hydrazone groups is 1. The summed E-state index contributed by atoms with van der Waals surface area (Å²) in [5, 5.41) is 36.3. The first-order valence-electron chi connectivity index (χ1n) is 9.91. The number of carbonyl (C=O) groups is 2. The van der Waals surface area contributed by atoms with E-state index in [1.54, 1.807) is 30.5 Å².